The average molecular weight is 158 g/mol. The Kier molecular flexibility index (Phi) is 3.46. The van der Waals surface area contributed by atoms with E-state index in [1.165, 1.54) is 7.11 Å². The zero-order valence-electron chi connectivity index (χ0n) is 4.27. The molecule has 0 amide bonds. The standard InChI is InChI=1S/CH7O5PSi/c1-5-8-6-7(2,3)4/h8H2,1H3,(H2,2,3,4). The first-order valence-electron chi connectivity index (χ1n) is 1.75. The Morgan fingerprint density at radius 3 is 2.25 bits per heavy atom. The molecule has 50 valence electrons. The minimum absolute atomic E-state index is 1.34. The van der Waals surface area contributed by atoms with E-state index < -0.39 is 17.8 Å². The van der Waals surface area contributed by atoms with Gasteiger partial charge in [-0.1, -0.05) is 0 Å². The maximum atomic E-state index is 9.82. The lowest BCUT2D eigenvalue weighted by Gasteiger charge is -2.00. The molecule has 0 fully saturated rings. The first kappa shape index (κ1) is 8.29. The van der Waals surface area contributed by atoms with Gasteiger partial charge in [-0.05, 0) is 0 Å². The third-order valence-corrected chi connectivity index (χ3v) is 2.34. The molecule has 0 aromatic rings. The van der Waals surface area contributed by atoms with Crippen LogP contribution in [0, 0.1) is 0 Å². The lowest BCUT2D eigenvalue weighted by Crippen LogP contribution is -1.97. The van der Waals surface area contributed by atoms with Crippen molar-refractivity contribution in [2.45, 2.75) is 0 Å². The van der Waals surface area contributed by atoms with Gasteiger partial charge in [0.2, 0.25) is 0 Å². The van der Waals surface area contributed by atoms with E-state index in [0.717, 1.165) is 0 Å². The van der Waals surface area contributed by atoms with E-state index in [0.29, 0.717) is 0 Å². The highest BCUT2D eigenvalue weighted by Crippen LogP contribution is 2.34. The number of rotatable bonds is 3. The molecule has 0 aliphatic rings. The maximum Gasteiger partial charge on any atom is 0.461 e. The van der Waals surface area contributed by atoms with Crippen molar-refractivity contribution in [3.8, 4) is 0 Å². The highest BCUT2D eigenvalue weighted by molar-refractivity contribution is 7.47. The van der Waals surface area contributed by atoms with Crippen molar-refractivity contribution in [3.05, 3.63) is 0 Å². The molecular formula is CH7O5PSi. The van der Waals surface area contributed by atoms with Crippen LogP contribution in [0.15, 0.2) is 0 Å². The minimum Gasteiger partial charge on any atom is -0.402 e. The Morgan fingerprint density at radius 1 is 1.62 bits per heavy atom. The summed E-state index contributed by atoms with van der Waals surface area (Å²) < 4.78 is 18.1. The smallest absolute Gasteiger partial charge is 0.402 e. The predicted molar refractivity (Wildman–Crippen MR) is 28.7 cm³/mol. The molecule has 0 rings (SSSR count). The second-order valence-corrected chi connectivity index (χ2v) is 3.85. The van der Waals surface area contributed by atoms with Crippen LogP contribution in [0.25, 0.3) is 0 Å². The zero-order chi connectivity index (χ0) is 6.62. The lowest BCUT2D eigenvalue weighted by atomic mass is 11.8. The summed E-state index contributed by atoms with van der Waals surface area (Å²) in [6.45, 7) is 0. The van der Waals surface area contributed by atoms with Gasteiger partial charge in [0.05, 0.1) is 0 Å². The fourth-order valence-electron chi connectivity index (χ4n) is 0.121. The van der Waals surface area contributed by atoms with E-state index in [2.05, 4.69) is 8.64 Å². The molecule has 0 atom stereocenters. The molecule has 8 heavy (non-hydrogen) atoms. The van der Waals surface area contributed by atoms with Gasteiger partial charge in [0.15, 0.2) is 0 Å². The summed E-state index contributed by atoms with van der Waals surface area (Å²) in [4.78, 5) is 16.0. The number of hydrogen-bond acceptors (Lipinski definition) is 3. The molecule has 2 N–H and O–H groups in total. The first-order chi connectivity index (χ1) is 3.56. The summed E-state index contributed by atoms with van der Waals surface area (Å²) in [5, 5.41) is 0. The van der Waals surface area contributed by atoms with Crippen molar-refractivity contribution in [1.82, 2.24) is 0 Å². The van der Waals surface area contributed by atoms with Gasteiger partial charge >= 0.3 is 17.8 Å². The molecule has 0 bridgehead atoms. The van der Waals surface area contributed by atoms with Crippen molar-refractivity contribution >= 4 is 17.8 Å². The Bertz CT molecular complexity index is 96.6. The van der Waals surface area contributed by atoms with Crippen LogP contribution in [0.2, 0.25) is 0 Å². The van der Waals surface area contributed by atoms with Gasteiger partial charge in [0, 0.05) is 7.11 Å². The van der Waals surface area contributed by atoms with Crippen molar-refractivity contribution in [2.75, 3.05) is 7.11 Å². The third kappa shape index (κ3) is 6.29. The van der Waals surface area contributed by atoms with E-state index in [1.807, 2.05) is 0 Å². The van der Waals surface area contributed by atoms with Crippen molar-refractivity contribution in [3.63, 3.8) is 0 Å². The monoisotopic (exact) mass is 158 g/mol. The summed E-state index contributed by atoms with van der Waals surface area (Å²) in [5.41, 5.74) is 0. The van der Waals surface area contributed by atoms with Gasteiger partial charge < -0.3 is 18.4 Å². The summed E-state index contributed by atoms with van der Waals surface area (Å²) >= 11 is 0. The molecule has 7 heteroatoms. The van der Waals surface area contributed by atoms with Gasteiger partial charge in [-0.2, -0.15) is 0 Å². The molecule has 0 aromatic carbocycles. The van der Waals surface area contributed by atoms with Crippen molar-refractivity contribution in [2.24, 2.45) is 0 Å². The fourth-order valence-corrected chi connectivity index (χ4v) is 1.09. The second kappa shape index (κ2) is 3.34. The molecule has 0 aliphatic carbocycles. The van der Waals surface area contributed by atoms with E-state index in [4.69, 9.17) is 9.79 Å². The van der Waals surface area contributed by atoms with Crippen molar-refractivity contribution in [1.29, 1.82) is 0 Å². The van der Waals surface area contributed by atoms with Crippen LogP contribution in [0.1, 0.15) is 0 Å². The van der Waals surface area contributed by atoms with Gasteiger partial charge in [0.25, 0.3) is 0 Å². The van der Waals surface area contributed by atoms with Crippen LogP contribution >= 0.6 is 7.82 Å². The molecule has 0 radical (unpaired) electrons. The Balaban J connectivity index is 3.26. The minimum atomic E-state index is -4.25. The van der Waals surface area contributed by atoms with Gasteiger partial charge in [-0.3, -0.25) is 0 Å². The van der Waals surface area contributed by atoms with Gasteiger partial charge in [-0.25, -0.2) is 4.57 Å². The summed E-state index contributed by atoms with van der Waals surface area (Å²) in [7, 11) is -4.36. The summed E-state index contributed by atoms with van der Waals surface area (Å²) in [6, 6.07) is 0. The lowest BCUT2D eigenvalue weighted by molar-refractivity contribution is 0.261. The molecule has 0 heterocycles. The molecule has 5 nitrogen and oxygen atoms in total. The SMILES string of the molecule is CO[SiH2]OP(=O)(O)O. The first-order valence-corrected chi connectivity index (χ1v) is 4.44. The molecule has 0 aromatic heterocycles. The average Bonchev–Trinajstić information content (AvgIpc) is 1.59. The molecule has 0 unspecified atom stereocenters. The molecular weight excluding hydrogens is 151 g/mol. The molecule has 0 saturated heterocycles. The highest BCUT2D eigenvalue weighted by Gasteiger charge is 2.11. The molecule has 0 spiro atoms. The van der Waals surface area contributed by atoms with E-state index in [-0.39, 0.29) is 0 Å². The normalized spacial score (nSPS) is 13.4. The predicted octanol–water partition coefficient (Wildman–Crippen LogP) is -1.26. The van der Waals surface area contributed by atoms with Crippen LogP contribution in [-0.4, -0.2) is 26.9 Å². The molecule has 0 saturated carbocycles. The second-order valence-electron chi connectivity index (χ2n) is 1.03. The number of hydrogen-bond donors (Lipinski definition) is 2. The Morgan fingerprint density at radius 2 is 2.12 bits per heavy atom. The Labute approximate surface area is 48.9 Å². The molecule has 0 aliphatic heterocycles. The Hall–Kier alpha value is 0.287. The van der Waals surface area contributed by atoms with Crippen LogP contribution in [0.5, 0.6) is 0 Å². The number of phosphoric acid groups is 1. The largest absolute Gasteiger partial charge is 0.461 e. The topological polar surface area (TPSA) is 76.0 Å². The maximum absolute atomic E-state index is 9.82. The van der Waals surface area contributed by atoms with Crippen LogP contribution < -0.4 is 0 Å². The summed E-state index contributed by atoms with van der Waals surface area (Å²) in [6.07, 6.45) is 0. The van der Waals surface area contributed by atoms with Crippen LogP contribution in [0.4, 0.5) is 0 Å². The summed E-state index contributed by atoms with van der Waals surface area (Å²) in [5.74, 6) is 0. The van der Waals surface area contributed by atoms with Crippen LogP contribution in [-0.2, 0) is 13.2 Å². The van der Waals surface area contributed by atoms with E-state index in [1.54, 1.807) is 0 Å². The van der Waals surface area contributed by atoms with Gasteiger partial charge in [-0.15, -0.1) is 0 Å². The fraction of sp³-hybridized carbons (Fsp3) is 1.00. The van der Waals surface area contributed by atoms with Gasteiger partial charge in [0.1, 0.15) is 0 Å². The van der Waals surface area contributed by atoms with E-state index in [9.17, 15) is 4.57 Å². The quantitative estimate of drug-likeness (QED) is 0.396. The van der Waals surface area contributed by atoms with E-state index >= 15 is 0 Å². The van der Waals surface area contributed by atoms with Crippen molar-refractivity contribution < 1.29 is 23.0 Å². The highest BCUT2D eigenvalue weighted by atomic mass is 31.2. The third-order valence-electron chi connectivity index (χ3n) is 0.339. The zero-order valence-corrected chi connectivity index (χ0v) is 6.58. The van der Waals surface area contributed by atoms with Crippen LogP contribution in [0.3, 0.4) is 0 Å².